The number of piperidine rings is 1. The summed E-state index contributed by atoms with van der Waals surface area (Å²) in [4.78, 5) is 13.6. The number of carbonyl (C=O) groups is 1. The number of sulfonamides is 1. The average molecular weight is 381 g/mol. The first kappa shape index (κ1) is 19.3. The lowest BCUT2D eigenvalue weighted by Gasteiger charge is -2.37. The number of nitrogens with one attached hydrogen (secondary N) is 2. The van der Waals surface area contributed by atoms with Crippen LogP contribution in [0, 0.1) is 5.41 Å². The van der Waals surface area contributed by atoms with Crippen LogP contribution in [0.25, 0.3) is 0 Å². The fourth-order valence-electron chi connectivity index (χ4n) is 3.84. The van der Waals surface area contributed by atoms with Gasteiger partial charge in [0, 0.05) is 38.2 Å². The second kappa shape index (κ2) is 7.64. The molecule has 1 aromatic carbocycles. The fraction of sp³-hybridized carbons (Fsp3) is 0.611. The number of carbonyl (C=O) groups excluding carboxylic acids is 1. The van der Waals surface area contributed by atoms with E-state index in [0.717, 1.165) is 37.2 Å². The van der Waals surface area contributed by atoms with Gasteiger partial charge in [0.05, 0.1) is 11.5 Å². The lowest BCUT2D eigenvalue weighted by Crippen LogP contribution is -2.47. The van der Waals surface area contributed by atoms with Crippen molar-refractivity contribution in [2.45, 2.75) is 31.1 Å². The summed E-state index contributed by atoms with van der Waals surface area (Å²) < 4.78 is 33.7. The molecule has 26 heavy (non-hydrogen) atoms. The van der Waals surface area contributed by atoms with Gasteiger partial charge >= 0.3 is 0 Å². The van der Waals surface area contributed by atoms with Crippen molar-refractivity contribution >= 4 is 21.6 Å². The van der Waals surface area contributed by atoms with Crippen LogP contribution in [0.1, 0.15) is 25.3 Å². The van der Waals surface area contributed by atoms with Crippen LogP contribution in [0.3, 0.4) is 0 Å². The van der Waals surface area contributed by atoms with E-state index in [1.807, 2.05) is 0 Å². The summed E-state index contributed by atoms with van der Waals surface area (Å²) in [7, 11) is -1.95. The largest absolute Gasteiger partial charge is 0.384 e. The van der Waals surface area contributed by atoms with Gasteiger partial charge < -0.3 is 15.0 Å². The van der Waals surface area contributed by atoms with E-state index in [-0.39, 0.29) is 16.2 Å². The molecule has 0 aliphatic carbocycles. The third kappa shape index (κ3) is 3.93. The number of ether oxygens (including phenoxy) is 1. The van der Waals surface area contributed by atoms with Gasteiger partial charge in [-0.3, -0.25) is 4.79 Å². The van der Waals surface area contributed by atoms with Gasteiger partial charge in [-0.05, 0) is 56.1 Å². The van der Waals surface area contributed by atoms with Gasteiger partial charge in [-0.1, -0.05) is 0 Å². The molecule has 2 N–H and O–H groups in total. The van der Waals surface area contributed by atoms with Crippen LogP contribution in [-0.4, -0.2) is 54.2 Å². The van der Waals surface area contributed by atoms with Gasteiger partial charge in [-0.25, -0.2) is 13.1 Å². The van der Waals surface area contributed by atoms with E-state index in [1.165, 1.54) is 6.92 Å². The van der Waals surface area contributed by atoms with Crippen LogP contribution in [0.2, 0.25) is 0 Å². The Hall–Kier alpha value is -1.48. The van der Waals surface area contributed by atoms with Gasteiger partial charge in [-0.15, -0.1) is 0 Å². The van der Waals surface area contributed by atoms with Crippen molar-refractivity contribution in [2.24, 2.45) is 5.41 Å². The fourth-order valence-corrected chi connectivity index (χ4v) is 5.05. The summed E-state index contributed by atoms with van der Waals surface area (Å²) in [5.41, 5.74) is 1.54. The lowest BCUT2D eigenvalue weighted by molar-refractivity contribution is -0.116. The molecule has 1 saturated heterocycles. The van der Waals surface area contributed by atoms with E-state index in [1.54, 1.807) is 30.2 Å². The predicted molar refractivity (Wildman–Crippen MR) is 99.8 cm³/mol. The van der Waals surface area contributed by atoms with Crippen molar-refractivity contribution < 1.29 is 17.9 Å². The van der Waals surface area contributed by atoms with E-state index < -0.39 is 10.0 Å². The summed E-state index contributed by atoms with van der Waals surface area (Å²) in [6.45, 7) is 4.76. The quantitative estimate of drug-likeness (QED) is 0.764. The van der Waals surface area contributed by atoms with Crippen molar-refractivity contribution in [3.8, 4) is 0 Å². The predicted octanol–water partition coefficient (Wildman–Crippen LogP) is 0.890. The Bertz CT molecular complexity index is 767. The number of fused-ring (bicyclic) bond motifs is 1. The van der Waals surface area contributed by atoms with E-state index in [4.69, 9.17) is 4.74 Å². The molecular weight excluding hydrogens is 354 g/mol. The number of hydrogen-bond donors (Lipinski definition) is 2. The zero-order chi connectivity index (χ0) is 18.8. The number of methoxy groups -OCH3 is 1. The average Bonchev–Trinajstić information content (AvgIpc) is 3.05. The number of amides is 1. The third-order valence-corrected chi connectivity index (χ3v) is 6.79. The molecule has 0 saturated carbocycles. The Kier molecular flexibility index (Phi) is 5.67. The molecule has 0 atom stereocenters. The Balaban J connectivity index is 1.75. The lowest BCUT2D eigenvalue weighted by atomic mass is 9.80. The number of anilines is 1. The number of rotatable bonds is 6. The van der Waals surface area contributed by atoms with Crippen LogP contribution in [0.4, 0.5) is 5.69 Å². The SMILES string of the molecule is COCC1(CNS(=O)(=O)c2ccc3c(c2)CCN3C(C)=O)CCNCC1. The number of hydrogen-bond acceptors (Lipinski definition) is 5. The van der Waals surface area contributed by atoms with E-state index in [0.29, 0.717) is 26.1 Å². The molecule has 2 heterocycles. The van der Waals surface area contributed by atoms with Gasteiger partial charge in [-0.2, -0.15) is 0 Å². The van der Waals surface area contributed by atoms with Crippen LogP contribution in [-0.2, 0) is 26.0 Å². The van der Waals surface area contributed by atoms with Crippen molar-refractivity contribution in [3.63, 3.8) is 0 Å². The maximum absolute atomic E-state index is 12.8. The maximum atomic E-state index is 12.8. The molecule has 1 amide bonds. The first-order valence-corrected chi connectivity index (χ1v) is 10.5. The van der Waals surface area contributed by atoms with Crippen LogP contribution < -0.4 is 14.9 Å². The van der Waals surface area contributed by atoms with Crippen molar-refractivity contribution in [1.29, 1.82) is 0 Å². The first-order valence-electron chi connectivity index (χ1n) is 8.97. The number of nitrogens with zero attached hydrogens (tertiary/aromatic N) is 1. The summed E-state index contributed by atoms with van der Waals surface area (Å²) >= 11 is 0. The van der Waals surface area contributed by atoms with E-state index in [2.05, 4.69) is 10.0 Å². The minimum Gasteiger partial charge on any atom is -0.384 e. The molecule has 0 unspecified atom stereocenters. The van der Waals surface area contributed by atoms with Gasteiger partial charge in [0.15, 0.2) is 0 Å². The summed E-state index contributed by atoms with van der Waals surface area (Å²) in [6.07, 6.45) is 2.43. The Morgan fingerprint density at radius 1 is 1.35 bits per heavy atom. The van der Waals surface area contributed by atoms with Crippen LogP contribution >= 0.6 is 0 Å². The molecule has 1 aromatic rings. The highest BCUT2D eigenvalue weighted by molar-refractivity contribution is 7.89. The highest BCUT2D eigenvalue weighted by Gasteiger charge is 2.34. The summed E-state index contributed by atoms with van der Waals surface area (Å²) in [6, 6.07) is 4.99. The van der Waals surface area contributed by atoms with Gasteiger partial charge in [0.1, 0.15) is 0 Å². The van der Waals surface area contributed by atoms with Crippen molar-refractivity contribution in [2.75, 3.05) is 44.8 Å². The third-order valence-electron chi connectivity index (χ3n) is 5.39. The van der Waals surface area contributed by atoms with E-state index >= 15 is 0 Å². The molecule has 144 valence electrons. The molecule has 0 radical (unpaired) electrons. The summed E-state index contributed by atoms with van der Waals surface area (Å²) in [5.74, 6) is -0.0232. The molecule has 8 heteroatoms. The molecule has 7 nitrogen and oxygen atoms in total. The minimum atomic E-state index is -3.60. The molecule has 0 spiro atoms. The summed E-state index contributed by atoms with van der Waals surface area (Å²) in [5, 5.41) is 3.30. The maximum Gasteiger partial charge on any atom is 0.240 e. The molecule has 1 fully saturated rings. The smallest absolute Gasteiger partial charge is 0.240 e. The van der Waals surface area contributed by atoms with Crippen molar-refractivity contribution in [3.05, 3.63) is 23.8 Å². The topological polar surface area (TPSA) is 87.7 Å². The highest BCUT2D eigenvalue weighted by Crippen LogP contribution is 2.31. The Labute approximate surface area is 155 Å². The standard InChI is InChI=1S/C18H27N3O4S/c1-14(22)21-10-5-15-11-16(3-4-17(15)21)26(23,24)20-12-18(13-25-2)6-8-19-9-7-18/h3-4,11,19-20H,5-10,12-13H2,1-2H3. The molecule has 3 rings (SSSR count). The van der Waals surface area contributed by atoms with Crippen molar-refractivity contribution in [1.82, 2.24) is 10.0 Å². The normalized spacial score (nSPS) is 19.4. The monoisotopic (exact) mass is 381 g/mol. The molecule has 2 aliphatic rings. The molecule has 0 bridgehead atoms. The zero-order valence-electron chi connectivity index (χ0n) is 15.4. The zero-order valence-corrected chi connectivity index (χ0v) is 16.2. The number of benzene rings is 1. The minimum absolute atomic E-state index is 0.0232. The van der Waals surface area contributed by atoms with Gasteiger partial charge in [0.2, 0.25) is 15.9 Å². The van der Waals surface area contributed by atoms with Crippen LogP contribution in [0.15, 0.2) is 23.1 Å². The van der Waals surface area contributed by atoms with E-state index in [9.17, 15) is 13.2 Å². The Morgan fingerprint density at radius 2 is 2.08 bits per heavy atom. The molecular formula is C18H27N3O4S. The van der Waals surface area contributed by atoms with Gasteiger partial charge in [0.25, 0.3) is 0 Å². The second-order valence-corrected chi connectivity index (χ2v) is 8.99. The first-order chi connectivity index (χ1) is 12.4. The second-order valence-electron chi connectivity index (χ2n) is 7.22. The molecule has 0 aromatic heterocycles. The highest BCUT2D eigenvalue weighted by atomic mass is 32.2. The molecule has 2 aliphatic heterocycles. The Morgan fingerprint density at radius 3 is 2.73 bits per heavy atom. The van der Waals surface area contributed by atoms with Crippen LogP contribution in [0.5, 0.6) is 0 Å².